The van der Waals surface area contributed by atoms with E-state index < -0.39 is 0 Å². The van der Waals surface area contributed by atoms with Gasteiger partial charge in [0.1, 0.15) is 0 Å². The Morgan fingerprint density at radius 2 is 1.70 bits per heavy atom. The van der Waals surface area contributed by atoms with Gasteiger partial charge >= 0.3 is 0 Å². The molecule has 0 saturated heterocycles. The monoisotopic (exact) mass is 388 g/mol. The Balaban J connectivity index is 1.98. The molecule has 1 heterocycles. The van der Waals surface area contributed by atoms with Gasteiger partial charge in [-0.1, -0.05) is 17.7 Å². The average Bonchev–Trinajstić information content (AvgIpc) is 2.92. The smallest absolute Gasteiger partial charge is 0.240 e. The SMILES string of the molecule is Cc1cc(C)c(-c2csc(NC(=O)CN(C)CC(=O)NC(C)C)n2)c(C)c1. The molecule has 0 atom stereocenters. The number of nitrogens with zero attached hydrogens (tertiary/aromatic N) is 2. The van der Waals surface area contributed by atoms with Gasteiger partial charge in [0.05, 0.1) is 18.8 Å². The van der Waals surface area contributed by atoms with Gasteiger partial charge < -0.3 is 10.6 Å². The molecule has 2 aromatic rings. The Morgan fingerprint density at radius 3 is 2.30 bits per heavy atom. The molecule has 146 valence electrons. The summed E-state index contributed by atoms with van der Waals surface area (Å²) in [5, 5.41) is 8.16. The molecule has 6 nitrogen and oxygen atoms in total. The number of amides is 2. The summed E-state index contributed by atoms with van der Waals surface area (Å²) in [5.41, 5.74) is 5.55. The van der Waals surface area contributed by atoms with Gasteiger partial charge in [0.15, 0.2) is 5.13 Å². The summed E-state index contributed by atoms with van der Waals surface area (Å²) in [6, 6.07) is 4.36. The number of likely N-dealkylation sites (N-methyl/N-ethyl adjacent to an activating group) is 1. The largest absolute Gasteiger partial charge is 0.353 e. The van der Waals surface area contributed by atoms with Crippen LogP contribution in [0.2, 0.25) is 0 Å². The molecular weight excluding hydrogens is 360 g/mol. The minimum Gasteiger partial charge on any atom is -0.353 e. The number of anilines is 1. The molecule has 0 aliphatic rings. The Labute approximate surface area is 165 Å². The molecule has 0 bridgehead atoms. The molecule has 0 unspecified atom stereocenters. The van der Waals surface area contributed by atoms with Gasteiger partial charge in [0.25, 0.3) is 0 Å². The van der Waals surface area contributed by atoms with E-state index in [1.807, 2.05) is 19.2 Å². The van der Waals surface area contributed by atoms with Crippen LogP contribution in [-0.2, 0) is 9.59 Å². The van der Waals surface area contributed by atoms with Gasteiger partial charge in [0, 0.05) is 17.0 Å². The number of aromatic nitrogens is 1. The number of hydrogen-bond acceptors (Lipinski definition) is 5. The summed E-state index contributed by atoms with van der Waals surface area (Å²) in [5.74, 6) is -0.282. The van der Waals surface area contributed by atoms with Crippen molar-refractivity contribution in [2.24, 2.45) is 0 Å². The van der Waals surface area contributed by atoms with Crippen LogP contribution >= 0.6 is 11.3 Å². The fourth-order valence-electron chi connectivity index (χ4n) is 3.10. The van der Waals surface area contributed by atoms with Crippen molar-refractivity contribution in [3.05, 3.63) is 34.2 Å². The van der Waals surface area contributed by atoms with Crippen molar-refractivity contribution in [1.29, 1.82) is 0 Å². The van der Waals surface area contributed by atoms with Crippen molar-refractivity contribution in [3.8, 4) is 11.3 Å². The minimum atomic E-state index is -0.187. The lowest BCUT2D eigenvalue weighted by Crippen LogP contribution is -2.41. The molecule has 0 saturated carbocycles. The van der Waals surface area contributed by atoms with Gasteiger partial charge in [-0.15, -0.1) is 11.3 Å². The van der Waals surface area contributed by atoms with Crippen LogP contribution in [0.15, 0.2) is 17.5 Å². The zero-order chi connectivity index (χ0) is 20.1. The molecule has 1 aromatic carbocycles. The van der Waals surface area contributed by atoms with Crippen LogP contribution in [0.5, 0.6) is 0 Å². The molecule has 0 radical (unpaired) electrons. The molecule has 2 rings (SSSR count). The molecule has 0 aliphatic heterocycles. The predicted octanol–water partition coefficient (Wildman–Crippen LogP) is 3.13. The number of carbonyl (C=O) groups is 2. The lowest BCUT2D eigenvalue weighted by atomic mass is 9.98. The molecule has 27 heavy (non-hydrogen) atoms. The number of thiazole rings is 1. The van der Waals surface area contributed by atoms with E-state index in [1.165, 1.54) is 28.0 Å². The normalized spacial score (nSPS) is 11.1. The Hall–Kier alpha value is -2.25. The van der Waals surface area contributed by atoms with Gasteiger partial charge in [-0.2, -0.15) is 0 Å². The van der Waals surface area contributed by atoms with E-state index in [2.05, 4.69) is 48.5 Å². The Morgan fingerprint density at radius 1 is 1.11 bits per heavy atom. The second-order valence-corrected chi connectivity index (χ2v) is 8.11. The van der Waals surface area contributed by atoms with Crippen LogP contribution in [0.25, 0.3) is 11.3 Å². The highest BCUT2D eigenvalue weighted by Crippen LogP contribution is 2.30. The van der Waals surface area contributed by atoms with Crippen molar-refractivity contribution in [2.75, 3.05) is 25.5 Å². The highest BCUT2D eigenvalue weighted by Gasteiger charge is 2.14. The first-order valence-electron chi connectivity index (χ1n) is 8.97. The topological polar surface area (TPSA) is 74.3 Å². The molecule has 0 fully saturated rings. The van der Waals surface area contributed by atoms with E-state index in [-0.39, 0.29) is 30.9 Å². The van der Waals surface area contributed by atoms with Crippen molar-refractivity contribution in [3.63, 3.8) is 0 Å². The molecule has 2 amide bonds. The van der Waals surface area contributed by atoms with Crippen molar-refractivity contribution in [2.45, 2.75) is 40.7 Å². The summed E-state index contributed by atoms with van der Waals surface area (Å²) in [7, 11) is 1.74. The van der Waals surface area contributed by atoms with E-state index in [9.17, 15) is 9.59 Å². The maximum absolute atomic E-state index is 12.2. The van der Waals surface area contributed by atoms with Gasteiger partial charge in [-0.3, -0.25) is 14.5 Å². The molecule has 0 aliphatic carbocycles. The predicted molar refractivity (Wildman–Crippen MR) is 111 cm³/mol. The maximum Gasteiger partial charge on any atom is 0.240 e. The fourth-order valence-corrected chi connectivity index (χ4v) is 3.82. The van der Waals surface area contributed by atoms with E-state index in [1.54, 1.807) is 11.9 Å². The highest BCUT2D eigenvalue weighted by atomic mass is 32.1. The van der Waals surface area contributed by atoms with Crippen LogP contribution in [0.3, 0.4) is 0 Å². The third-order valence-corrected chi connectivity index (χ3v) is 4.72. The first-order valence-corrected chi connectivity index (χ1v) is 9.85. The lowest BCUT2D eigenvalue weighted by molar-refractivity contribution is -0.123. The van der Waals surface area contributed by atoms with Crippen molar-refractivity contribution >= 4 is 28.3 Å². The second kappa shape index (κ2) is 9.10. The van der Waals surface area contributed by atoms with Crippen LogP contribution in [0.4, 0.5) is 5.13 Å². The van der Waals surface area contributed by atoms with Crippen molar-refractivity contribution < 1.29 is 9.59 Å². The van der Waals surface area contributed by atoms with Gasteiger partial charge in [-0.05, 0) is 52.8 Å². The maximum atomic E-state index is 12.2. The number of nitrogens with one attached hydrogen (secondary N) is 2. The summed E-state index contributed by atoms with van der Waals surface area (Å²) < 4.78 is 0. The van der Waals surface area contributed by atoms with E-state index >= 15 is 0 Å². The average molecular weight is 389 g/mol. The minimum absolute atomic E-state index is 0.0853. The highest BCUT2D eigenvalue weighted by molar-refractivity contribution is 7.14. The van der Waals surface area contributed by atoms with Crippen LogP contribution < -0.4 is 10.6 Å². The Bertz CT molecular complexity index is 806. The van der Waals surface area contributed by atoms with Gasteiger partial charge in [-0.25, -0.2) is 4.98 Å². The number of aryl methyl sites for hydroxylation is 3. The summed E-state index contributed by atoms with van der Waals surface area (Å²) in [6.07, 6.45) is 0. The zero-order valence-electron chi connectivity index (χ0n) is 16.8. The first-order chi connectivity index (χ1) is 12.7. The lowest BCUT2D eigenvalue weighted by Gasteiger charge is -2.16. The van der Waals surface area contributed by atoms with E-state index in [4.69, 9.17) is 0 Å². The van der Waals surface area contributed by atoms with Crippen LogP contribution in [0.1, 0.15) is 30.5 Å². The number of benzene rings is 1. The zero-order valence-corrected chi connectivity index (χ0v) is 17.7. The number of hydrogen-bond donors (Lipinski definition) is 2. The van der Waals surface area contributed by atoms with Gasteiger partial charge in [0.2, 0.25) is 11.8 Å². The standard InChI is InChI=1S/C20H28N4O2S/c1-12(2)21-17(25)9-24(6)10-18(26)23-20-22-16(11-27-20)19-14(4)7-13(3)8-15(19)5/h7-8,11-12H,9-10H2,1-6H3,(H,21,25)(H,22,23,26). The summed E-state index contributed by atoms with van der Waals surface area (Å²) >= 11 is 1.40. The van der Waals surface area contributed by atoms with Crippen LogP contribution in [-0.4, -0.2) is 47.9 Å². The van der Waals surface area contributed by atoms with E-state index in [0.29, 0.717) is 5.13 Å². The number of carbonyl (C=O) groups excluding carboxylic acids is 2. The first kappa shape index (κ1) is 21.1. The van der Waals surface area contributed by atoms with Crippen LogP contribution in [0, 0.1) is 20.8 Å². The van der Waals surface area contributed by atoms with E-state index in [0.717, 1.165) is 11.3 Å². The Kier molecular flexibility index (Phi) is 7.10. The second-order valence-electron chi connectivity index (χ2n) is 7.25. The molecule has 1 aromatic heterocycles. The number of rotatable bonds is 7. The molecule has 2 N–H and O–H groups in total. The quantitative estimate of drug-likeness (QED) is 0.764. The van der Waals surface area contributed by atoms with Crippen molar-refractivity contribution in [1.82, 2.24) is 15.2 Å². The molecule has 7 heteroatoms. The fraction of sp³-hybridized carbons (Fsp3) is 0.450. The summed E-state index contributed by atoms with van der Waals surface area (Å²) in [4.78, 5) is 30.2. The summed E-state index contributed by atoms with van der Waals surface area (Å²) in [6.45, 7) is 10.3. The molecular formula is C20H28N4O2S. The third-order valence-electron chi connectivity index (χ3n) is 3.96. The third kappa shape index (κ3) is 6.15. The molecule has 0 spiro atoms.